The van der Waals surface area contributed by atoms with Gasteiger partial charge >= 0.3 is 18.9 Å². The first-order chi connectivity index (χ1) is 4.18. The Morgan fingerprint density at radius 3 is 2.50 bits per heavy atom. The van der Waals surface area contributed by atoms with Crippen LogP contribution in [0.1, 0.15) is 0 Å². The topological polar surface area (TPSA) is 27.6 Å². The third-order valence-electron chi connectivity index (χ3n) is 0.678. The van der Waals surface area contributed by atoms with Crippen molar-refractivity contribution in [2.75, 3.05) is 0 Å². The average molecular weight is 187 g/mol. The van der Waals surface area contributed by atoms with Crippen LogP contribution in [0.5, 0.6) is 0 Å². The van der Waals surface area contributed by atoms with Crippen molar-refractivity contribution in [1.82, 2.24) is 9.95 Å². The van der Waals surface area contributed by atoms with Crippen LogP contribution in [-0.2, 0) is 0 Å². The van der Waals surface area contributed by atoms with E-state index in [1.54, 1.807) is 6.08 Å². The summed E-state index contributed by atoms with van der Waals surface area (Å²) in [5.74, 6) is 0. The zero-order chi connectivity index (χ0) is 6.85. The summed E-state index contributed by atoms with van der Waals surface area (Å²) < 4.78 is 1.24. The molecule has 0 saturated heterocycles. The van der Waals surface area contributed by atoms with E-state index in [0.717, 1.165) is 0 Å². The Bertz CT molecular complexity index is 180. The molecule has 0 aliphatic carbocycles. The molecule has 0 aromatic rings. The van der Waals surface area contributed by atoms with E-state index in [1.807, 2.05) is 0 Å². The van der Waals surface area contributed by atoms with Gasteiger partial charge in [0.05, 0.1) is 5.03 Å². The van der Waals surface area contributed by atoms with Crippen LogP contribution in [0.2, 0.25) is 0 Å². The first-order valence-electron chi connectivity index (χ1n) is 2.12. The molecule has 0 amide bonds. The Hall–Kier alpha value is 0.657. The number of nitrogens with one attached hydrogen (secondary N) is 1. The monoisotopic (exact) mass is 187 g/mol. The average Bonchev–Trinajstić information content (AvgIpc) is 1.59. The summed E-state index contributed by atoms with van der Waals surface area (Å²) in [6.45, 7) is 0. The number of thiol groups is 3. The normalized spacial score (nSPS) is 16.5. The Balaban J connectivity index is 0.000000810. The van der Waals surface area contributed by atoms with E-state index in [0.29, 0.717) is 10.1 Å². The third-order valence-corrected chi connectivity index (χ3v) is 1.31. The van der Waals surface area contributed by atoms with E-state index in [2.05, 4.69) is 48.6 Å². The minimum absolute atomic E-state index is 0. The molecule has 0 radical (unpaired) electrons. The molecule has 7 heteroatoms. The van der Waals surface area contributed by atoms with Crippen LogP contribution in [0, 0.1) is 0 Å². The van der Waals surface area contributed by atoms with Gasteiger partial charge in [-0.15, -0.1) is 34.9 Å². The summed E-state index contributed by atoms with van der Waals surface area (Å²) in [6, 6.07) is 0. The molecule has 1 N–H and O–H groups in total. The van der Waals surface area contributed by atoms with Gasteiger partial charge in [-0.25, -0.2) is 0 Å². The van der Waals surface area contributed by atoms with E-state index >= 15 is 0 Å². The Labute approximate surface area is 87.8 Å². The predicted molar refractivity (Wildman–Crippen MR) is 54.6 cm³/mol. The second-order valence-electron chi connectivity index (χ2n) is 1.39. The number of rotatable bonds is 0. The molecule has 1 heterocycles. The molecule has 0 spiro atoms. The van der Waals surface area contributed by atoms with Crippen LogP contribution >= 0.6 is 38.1 Å². The van der Waals surface area contributed by atoms with E-state index in [1.165, 1.54) is 4.52 Å². The van der Waals surface area contributed by atoms with E-state index in [9.17, 15) is 0 Å². The molecular weight excluding hydrogens is 181 g/mol. The molecule has 10 heavy (non-hydrogen) atoms. The van der Waals surface area contributed by atoms with Crippen LogP contribution in [0.4, 0.5) is 0 Å². The second kappa shape index (κ2) is 4.52. The molecule has 0 bridgehead atoms. The fourth-order valence-corrected chi connectivity index (χ4v) is 1.30. The van der Waals surface area contributed by atoms with Gasteiger partial charge in [-0.1, -0.05) is 0 Å². The van der Waals surface area contributed by atoms with Crippen LogP contribution in [0.15, 0.2) is 16.2 Å². The molecule has 0 aromatic heterocycles. The van der Waals surface area contributed by atoms with Crippen LogP contribution in [0.25, 0.3) is 0 Å². The van der Waals surface area contributed by atoms with Crippen molar-refractivity contribution in [3.63, 3.8) is 0 Å². The fourth-order valence-electron chi connectivity index (χ4n) is 0.408. The summed E-state index contributed by atoms with van der Waals surface area (Å²) in [7, 11) is 0. The Morgan fingerprint density at radius 2 is 2.10 bits per heavy atom. The van der Waals surface area contributed by atoms with E-state index in [4.69, 9.17) is 0 Å². The first kappa shape index (κ1) is 10.7. The molecule has 3 nitrogen and oxygen atoms in total. The number of hydrogen-bond acceptors (Lipinski definition) is 5. The van der Waals surface area contributed by atoms with E-state index < -0.39 is 0 Å². The van der Waals surface area contributed by atoms with Crippen molar-refractivity contribution in [2.24, 2.45) is 5.10 Å². The SMILES string of the molecule is SC1=CC(S)=NN(S)N1.[LiH]. The van der Waals surface area contributed by atoms with Gasteiger partial charge in [0.15, 0.2) is 0 Å². The maximum atomic E-state index is 4.01. The van der Waals surface area contributed by atoms with Crippen LogP contribution < -0.4 is 5.43 Å². The number of nitrogens with zero attached hydrogens (tertiary/aromatic N) is 2. The third kappa shape index (κ3) is 3.17. The molecule has 1 aliphatic heterocycles. The summed E-state index contributed by atoms with van der Waals surface area (Å²) >= 11 is 11.9. The van der Waals surface area contributed by atoms with Gasteiger partial charge in [-0.2, -0.15) is 0 Å². The molecule has 0 atom stereocenters. The fraction of sp³-hybridized carbons (Fsp3) is 0. The number of hydrazone groups is 1. The van der Waals surface area contributed by atoms with Crippen molar-refractivity contribution in [3.8, 4) is 0 Å². The molecule has 0 unspecified atom stereocenters. The zero-order valence-electron chi connectivity index (χ0n) is 4.31. The number of hydrazine groups is 1. The summed E-state index contributed by atoms with van der Waals surface area (Å²) in [5.41, 5.74) is 2.70. The molecule has 0 aromatic carbocycles. The second-order valence-corrected chi connectivity index (χ2v) is 2.71. The van der Waals surface area contributed by atoms with Crippen molar-refractivity contribution >= 4 is 62.0 Å². The quantitative estimate of drug-likeness (QED) is 0.318. The van der Waals surface area contributed by atoms with E-state index in [-0.39, 0.29) is 18.9 Å². The first-order valence-corrected chi connectivity index (χ1v) is 3.42. The van der Waals surface area contributed by atoms with Gasteiger partial charge in [0, 0.05) is 6.08 Å². The van der Waals surface area contributed by atoms with Gasteiger partial charge < -0.3 is 0 Å². The van der Waals surface area contributed by atoms with Crippen LogP contribution in [0.3, 0.4) is 0 Å². The van der Waals surface area contributed by atoms with Gasteiger partial charge in [0.1, 0.15) is 5.04 Å². The zero-order valence-corrected chi connectivity index (χ0v) is 7.00. The van der Waals surface area contributed by atoms with Crippen molar-refractivity contribution in [1.29, 1.82) is 0 Å². The maximum absolute atomic E-state index is 4.01. The molecule has 52 valence electrons. The molecule has 1 aliphatic rings. The predicted octanol–water partition coefficient (Wildman–Crippen LogP) is 0.0174. The minimum atomic E-state index is 0. The standard InChI is InChI=1S/C3H5N3S3.Li.H/c7-2-1-3(8)5-6(9)4-2;;/h1,4,7,9H,(H,5,8);;. The molecule has 0 saturated carbocycles. The van der Waals surface area contributed by atoms with Crippen molar-refractivity contribution in [3.05, 3.63) is 11.1 Å². The summed E-state index contributed by atoms with van der Waals surface area (Å²) in [5, 5.41) is 5.02. The van der Waals surface area contributed by atoms with Crippen LogP contribution in [-0.4, -0.2) is 28.4 Å². The summed E-state index contributed by atoms with van der Waals surface area (Å²) in [4.78, 5) is 0. The van der Waals surface area contributed by atoms with Gasteiger partial charge in [0.2, 0.25) is 0 Å². The summed E-state index contributed by atoms with van der Waals surface area (Å²) in [6.07, 6.45) is 1.68. The Morgan fingerprint density at radius 1 is 1.50 bits per heavy atom. The molecular formula is C3H6LiN3S3. The Kier molecular flexibility index (Phi) is 4.82. The number of hydrogen-bond donors (Lipinski definition) is 4. The van der Waals surface area contributed by atoms with Gasteiger partial charge in [-0.05, 0) is 12.8 Å². The molecule has 0 fully saturated rings. The van der Waals surface area contributed by atoms with Crippen molar-refractivity contribution in [2.45, 2.75) is 0 Å². The van der Waals surface area contributed by atoms with Gasteiger partial charge in [0.25, 0.3) is 0 Å². The molecule has 1 rings (SSSR count). The van der Waals surface area contributed by atoms with Gasteiger partial charge in [-0.3, -0.25) is 5.43 Å². The van der Waals surface area contributed by atoms with Crippen molar-refractivity contribution < 1.29 is 0 Å².